The van der Waals surface area contributed by atoms with Gasteiger partial charge in [0.25, 0.3) is 0 Å². The van der Waals surface area contributed by atoms with Crippen LogP contribution in [-0.4, -0.2) is 14.8 Å². The quantitative estimate of drug-likeness (QED) is 0.415. The third-order valence-electron chi connectivity index (χ3n) is 5.96. The van der Waals surface area contributed by atoms with Gasteiger partial charge in [-0.1, -0.05) is 59.6 Å². The lowest BCUT2D eigenvalue weighted by Gasteiger charge is -2.39. The Hall–Kier alpha value is -3.64. The van der Waals surface area contributed by atoms with Crippen molar-refractivity contribution in [2.45, 2.75) is 19.1 Å². The van der Waals surface area contributed by atoms with E-state index in [-0.39, 0.29) is 11.9 Å². The fraction of sp³-hybridized carbons (Fsp3) is 0.120. The Balaban J connectivity index is 1.65. The number of aryl methyl sites for hydroxylation is 1. The highest BCUT2D eigenvalue weighted by Crippen LogP contribution is 2.51. The van der Waals surface area contributed by atoms with E-state index in [0.717, 1.165) is 28.0 Å². The van der Waals surface area contributed by atoms with Crippen molar-refractivity contribution in [1.82, 2.24) is 14.8 Å². The molecule has 2 atom stereocenters. The van der Waals surface area contributed by atoms with Crippen molar-refractivity contribution in [3.63, 3.8) is 0 Å². The van der Waals surface area contributed by atoms with Crippen LogP contribution in [0.3, 0.4) is 0 Å². The Kier molecular flexibility index (Phi) is 4.30. The molecule has 0 bridgehead atoms. The van der Waals surface area contributed by atoms with Crippen LogP contribution in [-0.2, 0) is 0 Å². The van der Waals surface area contributed by atoms with Gasteiger partial charge < -0.3 is 10.1 Å². The van der Waals surface area contributed by atoms with Crippen LogP contribution in [0.5, 0.6) is 5.75 Å². The molecule has 0 saturated carbocycles. The monoisotopic (exact) mass is 444 g/mol. The minimum atomic E-state index is -0.656. The number of nitrogens with zero attached hydrogens (tertiary/aromatic N) is 3. The number of benzene rings is 3. The maximum Gasteiger partial charge on any atom is 0.226 e. The van der Waals surface area contributed by atoms with Crippen molar-refractivity contribution >= 4 is 23.2 Å². The molecule has 0 spiro atoms. The van der Waals surface area contributed by atoms with Crippen LogP contribution in [0, 0.1) is 12.7 Å². The van der Waals surface area contributed by atoms with Crippen molar-refractivity contribution in [3.8, 4) is 5.75 Å². The largest absolute Gasteiger partial charge is 0.480 e. The van der Waals surface area contributed by atoms with Crippen molar-refractivity contribution in [2.75, 3.05) is 5.32 Å². The van der Waals surface area contributed by atoms with E-state index in [2.05, 4.69) is 39.7 Å². The normalized spacial score (nSPS) is 18.8. The van der Waals surface area contributed by atoms with Crippen LogP contribution in [0.15, 0.2) is 78.6 Å². The summed E-state index contributed by atoms with van der Waals surface area (Å²) in [4.78, 5) is 4.41. The van der Waals surface area contributed by atoms with Gasteiger partial charge >= 0.3 is 0 Å². The minimum Gasteiger partial charge on any atom is -0.480 e. The molecule has 0 radical (unpaired) electrons. The first-order chi connectivity index (χ1) is 15.6. The molecule has 1 N–H and O–H groups in total. The van der Waals surface area contributed by atoms with Gasteiger partial charge in [-0.3, -0.25) is 0 Å². The summed E-state index contributed by atoms with van der Waals surface area (Å²) in [7, 11) is 0. The highest BCUT2D eigenvalue weighted by Gasteiger charge is 2.41. The average molecular weight is 445 g/mol. The molecule has 5 nitrogen and oxygen atoms in total. The number of hydrogen-bond donors (Lipinski definition) is 1. The molecule has 32 heavy (non-hydrogen) atoms. The summed E-state index contributed by atoms with van der Waals surface area (Å²) in [6.07, 6.45) is 0.857. The standard InChI is InChI=1S/C25H18ClFN4O/c1-14-6-8-15(9-7-14)23-21-22(30-25-28-13-29-31(23)25)18-12-16(26)10-11-20(18)32-24(21)17-4-2-3-5-19(17)27/h2-13,23-24H,1H3,(H,28,29,30)/t23-,24+/m1/s1. The Morgan fingerprint density at radius 3 is 2.69 bits per heavy atom. The number of anilines is 1. The summed E-state index contributed by atoms with van der Waals surface area (Å²) in [5, 5.41) is 8.47. The number of aromatic nitrogens is 3. The van der Waals surface area contributed by atoms with Gasteiger partial charge in [0.05, 0.1) is 5.70 Å². The third-order valence-corrected chi connectivity index (χ3v) is 6.19. The van der Waals surface area contributed by atoms with Crippen LogP contribution in [0.2, 0.25) is 5.02 Å². The first-order valence-electron chi connectivity index (χ1n) is 10.3. The Morgan fingerprint density at radius 2 is 1.88 bits per heavy atom. The second-order valence-corrected chi connectivity index (χ2v) is 8.39. The number of fused-ring (bicyclic) bond motifs is 3. The number of hydrogen-bond acceptors (Lipinski definition) is 4. The third kappa shape index (κ3) is 2.91. The van der Waals surface area contributed by atoms with E-state index in [1.807, 2.05) is 29.8 Å². The molecule has 158 valence electrons. The summed E-state index contributed by atoms with van der Waals surface area (Å²) in [5.74, 6) is 0.910. The van der Waals surface area contributed by atoms with E-state index in [0.29, 0.717) is 22.3 Å². The predicted octanol–water partition coefficient (Wildman–Crippen LogP) is 5.94. The van der Waals surface area contributed by atoms with Crippen LogP contribution < -0.4 is 10.1 Å². The van der Waals surface area contributed by atoms with Crippen molar-refractivity contribution < 1.29 is 9.13 Å². The van der Waals surface area contributed by atoms with Gasteiger partial charge in [0.2, 0.25) is 5.95 Å². The van der Waals surface area contributed by atoms with E-state index >= 15 is 4.39 Å². The molecule has 2 aliphatic rings. The van der Waals surface area contributed by atoms with Crippen molar-refractivity contribution in [2.24, 2.45) is 0 Å². The molecule has 6 rings (SSSR count). The fourth-order valence-electron chi connectivity index (χ4n) is 4.46. The maximum absolute atomic E-state index is 15.0. The summed E-state index contributed by atoms with van der Waals surface area (Å²) < 4.78 is 23.3. The van der Waals surface area contributed by atoms with Gasteiger partial charge in [-0.05, 0) is 36.8 Å². The molecular formula is C25H18ClFN4O. The molecule has 7 heteroatoms. The molecule has 0 unspecified atom stereocenters. The zero-order valence-electron chi connectivity index (χ0n) is 17.1. The predicted molar refractivity (Wildman–Crippen MR) is 121 cm³/mol. The highest BCUT2D eigenvalue weighted by molar-refractivity contribution is 6.30. The van der Waals surface area contributed by atoms with E-state index < -0.39 is 6.10 Å². The molecule has 0 amide bonds. The lowest BCUT2D eigenvalue weighted by Crippen LogP contribution is -2.32. The van der Waals surface area contributed by atoms with Crippen LogP contribution in [0.1, 0.15) is 34.4 Å². The highest BCUT2D eigenvalue weighted by atomic mass is 35.5. The molecule has 0 fully saturated rings. The SMILES string of the molecule is Cc1ccc([C@@H]2C3=C(Nc4ncnn42)c2cc(Cl)ccc2O[C@H]3c2ccccc2F)cc1. The van der Waals surface area contributed by atoms with Crippen LogP contribution in [0.25, 0.3) is 5.70 Å². The van der Waals surface area contributed by atoms with Crippen molar-refractivity contribution in [1.29, 1.82) is 0 Å². The molecule has 1 aromatic heterocycles. The van der Waals surface area contributed by atoms with Crippen LogP contribution >= 0.6 is 11.6 Å². The topological polar surface area (TPSA) is 52.0 Å². The number of rotatable bonds is 2. The number of ether oxygens (including phenoxy) is 1. The van der Waals surface area contributed by atoms with Crippen molar-refractivity contribution in [3.05, 3.63) is 112 Å². The Bertz CT molecular complexity index is 1380. The van der Waals surface area contributed by atoms with E-state index in [9.17, 15) is 0 Å². The molecule has 3 heterocycles. The number of halogens is 2. The Morgan fingerprint density at radius 1 is 1.06 bits per heavy atom. The second kappa shape index (κ2) is 7.21. The minimum absolute atomic E-state index is 0.325. The van der Waals surface area contributed by atoms with Crippen LogP contribution in [0.4, 0.5) is 10.3 Å². The zero-order valence-corrected chi connectivity index (χ0v) is 17.8. The summed E-state index contributed by atoms with van der Waals surface area (Å²) in [5.41, 5.74) is 5.10. The van der Waals surface area contributed by atoms with E-state index in [1.54, 1.807) is 18.2 Å². The van der Waals surface area contributed by atoms with Gasteiger partial charge in [0.15, 0.2) is 6.10 Å². The summed E-state index contributed by atoms with van der Waals surface area (Å²) >= 11 is 6.34. The molecular weight excluding hydrogens is 427 g/mol. The summed E-state index contributed by atoms with van der Waals surface area (Å²) in [6, 6.07) is 20.1. The first kappa shape index (κ1) is 19.1. The first-order valence-corrected chi connectivity index (χ1v) is 10.7. The molecule has 0 aliphatic carbocycles. The van der Waals surface area contributed by atoms with Gasteiger partial charge in [0, 0.05) is 21.7 Å². The van der Waals surface area contributed by atoms with Gasteiger partial charge in [0.1, 0.15) is 23.9 Å². The van der Waals surface area contributed by atoms with Gasteiger partial charge in [-0.2, -0.15) is 10.1 Å². The molecule has 3 aromatic carbocycles. The number of nitrogens with one attached hydrogen (secondary N) is 1. The van der Waals surface area contributed by atoms with E-state index in [1.165, 1.54) is 12.4 Å². The van der Waals surface area contributed by atoms with Gasteiger partial charge in [-0.25, -0.2) is 9.07 Å². The zero-order chi connectivity index (χ0) is 21.8. The molecule has 2 aliphatic heterocycles. The van der Waals surface area contributed by atoms with E-state index in [4.69, 9.17) is 16.3 Å². The average Bonchev–Trinajstić information content (AvgIpc) is 3.27. The fourth-order valence-corrected chi connectivity index (χ4v) is 4.63. The molecule has 0 saturated heterocycles. The van der Waals surface area contributed by atoms with Gasteiger partial charge in [-0.15, -0.1) is 0 Å². The smallest absolute Gasteiger partial charge is 0.226 e. The lowest BCUT2D eigenvalue weighted by atomic mass is 9.84. The second-order valence-electron chi connectivity index (χ2n) is 7.96. The maximum atomic E-state index is 15.0. The Labute approximate surface area is 189 Å². The lowest BCUT2D eigenvalue weighted by molar-refractivity contribution is 0.218. The molecule has 4 aromatic rings. The summed E-state index contributed by atoms with van der Waals surface area (Å²) in [6.45, 7) is 2.04.